The van der Waals surface area contributed by atoms with Crippen molar-refractivity contribution >= 4 is 20.6 Å². The number of rotatable bonds is 2. The van der Waals surface area contributed by atoms with Gasteiger partial charge in [0.15, 0.2) is 9.84 Å². The van der Waals surface area contributed by atoms with Crippen LogP contribution in [-0.4, -0.2) is 14.6 Å². The maximum absolute atomic E-state index is 12.0. The van der Waals surface area contributed by atoms with E-state index in [0.29, 0.717) is 4.90 Å². The first kappa shape index (κ1) is 10.8. The zero-order chi connectivity index (χ0) is 13.3. The van der Waals surface area contributed by atoms with Crippen LogP contribution in [0, 0.1) is 0 Å². The molecule has 2 aromatic rings. The van der Waals surface area contributed by atoms with Crippen LogP contribution < -0.4 is 0 Å². The van der Waals surface area contributed by atoms with Crippen LogP contribution in [0.2, 0.25) is 0 Å². The van der Waals surface area contributed by atoms with Gasteiger partial charge in [0.2, 0.25) is 0 Å². The first-order chi connectivity index (χ1) is 8.47. The monoisotopic (exact) mass is 249 g/mol. The second-order valence-electron chi connectivity index (χ2n) is 4.47. The molecule has 2 nitrogen and oxygen atoms in total. The fourth-order valence-electron chi connectivity index (χ4n) is 2.14. The minimum Gasteiger partial charge on any atom is -0.224 e. The van der Waals surface area contributed by atoms with E-state index < -0.39 is 16.1 Å². The summed E-state index contributed by atoms with van der Waals surface area (Å²) >= 11 is 0. The number of sulfone groups is 1. The molecule has 0 fully saturated rings. The van der Waals surface area contributed by atoms with Gasteiger partial charge < -0.3 is 0 Å². The minimum absolute atomic E-state index is 0.104. The molecule has 0 atom stereocenters. The van der Waals surface area contributed by atoms with Crippen molar-refractivity contribution in [1.29, 1.82) is 0 Å². The van der Waals surface area contributed by atoms with Gasteiger partial charge in [0, 0.05) is 7.60 Å². The van der Waals surface area contributed by atoms with E-state index >= 15 is 0 Å². The van der Waals surface area contributed by atoms with E-state index in [1.807, 2.05) is 44.2 Å². The van der Waals surface area contributed by atoms with Crippen LogP contribution in [0.15, 0.2) is 41.3 Å². The number of benzene rings is 2. The predicted octanol–water partition coefficient (Wildman–Crippen LogP) is 3.37. The fraction of sp³-hybridized carbons (Fsp3) is 0.286. The van der Waals surface area contributed by atoms with Gasteiger partial charge in [-0.05, 0) is 28.3 Å². The Morgan fingerprint density at radius 3 is 2.47 bits per heavy atom. The molecule has 0 saturated heterocycles. The lowest BCUT2D eigenvalue weighted by Gasteiger charge is -2.14. The topological polar surface area (TPSA) is 34.1 Å². The molecule has 0 N–H and O–H groups in total. The molecule has 0 saturated carbocycles. The first-order valence-electron chi connectivity index (χ1n) is 6.21. The van der Waals surface area contributed by atoms with Gasteiger partial charge in [-0.2, -0.15) is 0 Å². The van der Waals surface area contributed by atoms with E-state index in [-0.39, 0.29) is 5.92 Å². The maximum Gasteiger partial charge on any atom is 0.175 e. The molecule has 0 radical (unpaired) electrons. The van der Waals surface area contributed by atoms with E-state index in [4.69, 9.17) is 1.37 Å². The summed E-state index contributed by atoms with van der Waals surface area (Å²) < 4.78 is 31.2. The molecular weight excluding hydrogens is 232 g/mol. The van der Waals surface area contributed by atoms with Crippen molar-refractivity contribution in [1.82, 2.24) is 0 Å². The third-order valence-corrected chi connectivity index (χ3v) is 3.87. The molecule has 0 spiro atoms. The van der Waals surface area contributed by atoms with Crippen molar-refractivity contribution in [2.24, 2.45) is 0 Å². The van der Waals surface area contributed by atoms with E-state index in [0.717, 1.165) is 16.3 Å². The molecule has 3 heteroatoms. The second kappa shape index (κ2) is 4.15. The van der Waals surface area contributed by atoms with E-state index in [1.165, 1.54) is 0 Å². The standard InChI is InChI=1S/C14H16O2S/c1-10(2)14-12-7-5-4-6-11(12)8-9-13(14)17(3,15)16/h4-10H,1-3H3/i3D. The van der Waals surface area contributed by atoms with E-state index in [2.05, 4.69) is 0 Å². The molecule has 17 heavy (non-hydrogen) atoms. The van der Waals surface area contributed by atoms with Crippen LogP contribution in [-0.2, 0) is 9.84 Å². The lowest BCUT2D eigenvalue weighted by Crippen LogP contribution is -2.04. The largest absolute Gasteiger partial charge is 0.224 e. The van der Waals surface area contributed by atoms with Gasteiger partial charge in [0.05, 0.1) is 4.90 Å². The summed E-state index contributed by atoms with van der Waals surface area (Å²) in [6, 6.07) is 11.2. The van der Waals surface area contributed by atoms with Gasteiger partial charge >= 0.3 is 0 Å². The number of hydrogen-bond donors (Lipinski definition) is 0. The van der Waals surface area contributed by atoms with Gasteiger partial charge in [-0.1, -0.05) is 44.2 Å². The Balaban J connectivity index is 2.88. The zero-order valence-corrected chi connectivity index (χ0v) is 10.8. The second-order valence-corrected chi connectivity index (χ2v) is 6.14. The fourth-order valence-corrected chi connectivity index (χ4v) is 3.10. The van der Waals surface area contributed by atoms with Crippen molar-refractivity contribution in [3.8, 4) is 0 Å². The summed E-state index contributed by atoms with van der Waals surface area (Å²) in [5.41, 5.74) is 0.820. The molecule has 0 unspecified atom stereocenters. The summed E-state index contributed by atoms with van der Waals surface area (Å²) in [6.45, 7) is 3.95. The number of hydrogen-bond acceptors (Lipinski definition) is 2. The highest BCUT2D eigenvalue weighted by molar-refractivity contribution is 7.90. The average molecular weight is 249 g/mol. The third-order valence-electron chi connectivity index (χ3n) is 2.84. The van der Waals surface area contributed by atoms with Gasteiger partial charge in [-0.3, -0.25) is 0 Å². The Morgan fingerprint density at radius 1 is 1.12 bits per heavy atom. The zero-order valence-electron chi connectivity index (χ0n) is 11.0. The molecule has 0 aliphatic rings. The van der Waals surface area contributed by atoms with Gasteiger partial charge in [-0.15, -0.1) is 0 Å². The summed E-state index contributed by atoms with van der Waals surface area (Å²) in [4.78, 5) is 0.297. The molecule has 0 amide bonds. The molecule has 2 aromatic carbocycles. The van der Waals surface area contributed by atoms with Crippen molar-refractivity contribution in [2.75, 3.05) is 6.23 Å². The maximum atomic E-state index is 12.0. The van der Waals surface area contributed by atoms with Crippen molar-refractivity contribution in [2.45, 2.75) is 24.7 Å². The Morgan fingerprint density at radius 2 is 1.82 bits per heavy atom. The highest BCUT2D eigenvalue weighted by Crippen LogP contribution is 2.31. The van der Waals surface area contributed by atoms with Crippen LogP contribution in [0.1, 0.15) is 26.7 Å². The van der Waals surface area contributed by atoms with Crippen molar-refractivity contribution in [3.63, 3.8) is 0 Å². The lowest BCUT2D eigenvalue weighted by atomic mass is 9.96. The quantitative estimate of drug-likeness (QED) is 0.817. The SMILES string of the molecule is [2H]CS(=O)(=O)c1ccc2ccccc2c1C(C)C. The Hall–Kier alpha value is -1.35. The first-order valence-corrected chi connectivity index (χ1v) is 7.16. The normalized spacial score (nSPS) is 13.0. The summed E-state index contributed by atoms with van der Waals surface area (Å²) in [7, 11) is -3.50. The molecule has 90 valence electrons. The van der Waals surface area contributed by atoms with Gasteiger partial charge in [-0.25, -0.2) is 8.42 Å². The molecule has 0 bridgehead atoms. The third kappa shape index (κ3) is 2.20. The Bertz CT molecular complexity index is 675. The van der Waals surface area contributed by atoms with Crippen LogP contribution in [0.4, 0.5) is 0 Å². The van der Waals surface area contributed by atoms with Gasteiger partial charge in [0.1, 0.15) is 0 Å². The summed E-state index contributed by atoms with van der Waals surface area (Å²) in [6.07, 6.45) is -0.606. The van der Waals surface area contributed by atoms with Crippen LogP contribution in [0.25, 0.3) is 10.8 Å². The van der Waals surface area contributed by atoms with Crippen molar-refractivity contribution < 1.29 is 9.79 Å². The average Bonchev–Trinajstić information content (AvgIpc) is 2.37. The predicted molar refractivity (Wildman–Crippen MR) is 71.1 cm³/mol. The molecular formula is C14H16O2S. The van der Waals surface area contributed by atoms with Crippen LogP contribution >= 0.6 is 0 Å². The summed E-state index contributed by atoms with van der Waals surface area (Å²) in [5, 5.41) is 1.99. The van der Waals surface area contributed by atoms with Crippen molar-refractivity contribution in [3.05, 3.63) is 42.0 Å². The summed E-state index contributed by atoms with van der Waals surface area (Å²) in [5.74, 6) is 0.104. The molecule has 0 heterocycles. The smallest absolute Gasteiger partial charge is 0.175 e. The Labute approximate surface area is 104 Å². The van der Waals surface area contributed by atoms with E-state index in [1.54, 1.807) is 6.07 Å². The minimum atomic E-state index is -3.50. The molecule has 0 aromatic heterocycles. The number of fused-ring (bicyclic) bond motifs is 1. The molecule has 0 aliphatic carbocycles. The highest BCUT2D eigenvalue weighted by Gasteiger charge is 2.17. The lowest BCUT2D eigenvalue weighted by molar-refractivity contribution is 0.600. The van der Waals surface area contributed by atoms with Gasteiger partial charge in [0.25, 0.3) is 0 Å². The Kier molecular flexibility index (Phi) is 2.63. The van der Waals surface area contributed by atoms with Crippen LogP contribution in [0.5, 0.6) is 0 Å². The van der Waals surface area contributed by atoms with E-state index in [9.17, 15) is 8.42 Å². The molecule has 2 rings (SSSR count). The highest BCUT2D eigenvalue weighted by atomic mass is 32.2. The molecule has 0 aliphatic heterocycles. The van der Waals surface area contributed by atoms with Crippen LogP contribution in [0.3, 0.4) is 0 Å².